The molecule has 0 radical (unpaired) electrons. The van der Waals surface area contributed by atoms with Gasteiger partial charge in [0.25, 0.3) is 0 Å². The van der Waals surface area contributed by atoms with Gasteiger partial charge in [0.05, 0.1) is 33.4 Å². The van der Waals surface area contributed by atoms with Gasteiger partial charge in [-0.25, -0.2) is 0 Å². The Labute approximate surface area is 448 Å². The molecule has 0 unspecified atom stereocenters. The topological polar surface area (TPSA) is 16.3 Å². The molecule has 12 aromatic rings. The Morgan fingerprint density at radius 2 is 0.526 bits per heavy atom. The first-order chi connectivity index (χ1) is 36.6. The second kappa shape index (κ2) is 18.7. The Kier molecular flexibility index (Phi) is 11.9. The van der Waals surface area contributed by atoms with Crippen LogP contribution < -0.4 is 9.80 Å². The van der Waals surface area contributed by atoms with Crippen molar-refractivity contribution in [3.05, 3.63) is 252 Å². The van der Waals surface area contributed by atoms with Crippen LogP contribution in [0.1, 0.15) is 74.9 Å². The molecule has 12 rings (SSSR count). The Morgan fingerprint density at radius 3 is 0.776 bits per heavy atom. The van der Waals surface area contributed by atoms with Crippen molar-refractivity contribution < 1.29 is 0 Å². The van der Waals surface area contributed by atoms with Crippen LogP contribution in [0, 0.1) is 27.7 Å². The molecule has 2 aromatic heterocycles. The number of nitrogens with zero attached hydrogens (tertiary/aromatic N) is 4. The molecular formula is C72H66N4. The number of para-hydroxylation sites is 4. The van der Waals surface area contributed by atoms with E-state index in [-0.39, 0.29) is 10.8 Å². The number of hydrogen-bond acceptors (Lipinski definition) is 2. The predicted molar refractivity (Wildman–Crippen MR) is 326 cm³/mol. The van der Waals surface area contributed by atoms with E-state index in [2.05, 4.69) is 307 Å². The number of anilines is 6. The SMILES string of the molecule is Cc1cc(C(C)(C)C)cc(C)c1N(c1ccc(-c2ccc(N(c3ccc(-n4c5ccccc5c5ccccc54)cc3)c3c(C)cc(C(C)(C)C)cc3C)cc2)cc1)c1ccc(-n2c3ccccc3c3ccccc32)cc1. The van der Waals surface area contributed by atoms with Crippen LogP contribution in [0.3, 0.4) is 0 Å². The number of rotatable bonds is 9. The molecule has 10 aromatic carbocycles. The van der Waals surface area contributed by atoms with Crippen molar-refractivity contribution in [2.75, 3.05) is 9.80 Å². The Bertz CT molecular complexity index is 3710. The average Bonchev–Trinajstić information content (AvgIpc) is 3.94. The van der Waals surface area contributed by atoms with E-state index < -0.39 is 0 Å². The summed E-state index contributed by atoms with van der Waals surface area (Å²) in [6, 6.07) is 80.9. The van der Waals surface area contributed by atoms with Crippen molar-refractivity contribution in [2.45, 2.75) is 80.1 Å². The summed E-state index contributed by atoms with van der Waals surface area (Å²) in [5.74, 6) is 0. The number of benzene rings is 10. The van der Waals surface area contributed by atoms with Crippen LogP contribution in [0.25, 0.3) is 66.1 Å². The van der Waals surface area contributed by atoms with Gasteiger partial charge in [-0.2, -0.15) is 0 Å². The lowest BCUT2D eigenvalue weighted by Crippen LogP contribution is -2.16. The summed E-state index contributed by atoms with van der Waals surface area (Å²) in [7, 11) is 0. The molecule has 0 N–H and O–H groups in total. The van der Waals surface area contributed by atoms with Crippen molar-refractivity contribution >= 4 is 77.7 Å². The van der Waals surface area contributed by atoms with Gasteiger partial charge in [0.2, 0.25) is 0 Å². The van der Waals surface area contributed by atoms with Crippen LogP contribution in [-0.2, 0) is 10.8 Å². The fraction of sp³-hybridized carbons (Fsp3) is 0.167. The van der Waals surface area contributed by atoms with Gasteiger partial charge in [-0.15, -0.1) is 0 Å². The third-order valence-electron chi connectivity index (χ3n) is 15.6. The molecule has 76 heavy (non-hydrogen) atoms. The standard InChI is InChI=1S/C72H66N4/c1-47-43-53(71(5,6)7)44-48(2)69(47)73(57-35-39-59(40-36-57)75-65-23-15-11-19-61(65)62-20-12-16-24-66(62)75)55-31-27-51(28-32-55)52-29-33-56(34-30-52)74(70-49(3)45-54(46-50(70)4)72(8,9)10)58-37-41-60(42-38-58)76-67-25-17-13-21-63(67)64-22-14-18-26-68(64)76/h11-46H,1-10H3. The highest BCUT2D eigenvalue weighted by atomic mass is 15.2. The summed E-state index contributed by atoms with van der Waals surface area (Å²) in [5, 5.41) is 5.05. The van der Waals surface area contributed by atoms with Crippen LogP contribution in [0.4, 0.5) is 34.1 Å². The third kappa shape index (κ3) is 8.43. The van der Waals surface area contributed by atoms with E-state index in [9.17, 15) is 0 Å². The van der Waals surface area contributed by atoms with Crippen molar-refractivity contribution in [2.24, 2.45) is 0 Å². The Morgan fingerprint density at radius 1 is 0.289 bits per heavy atom. The lowest BCUT2D eigenvalue weighted by molar-refractivity contribution is 0.589. The highest BCUT2D eigenvalue weighted by Crippen LogP contribution is 2.45. The summed E-state index contributed by atoms with van der Waals surface area (Å²) in [4.78, 5) is 4.89. The molecule has 0 saturated carbocycles. The Hall–Kier alpha value is -8.60. The lowest BCUT2D eigenvalue weighted by Gasteiger charge is -2.31. The van der Waals surface area contributed by atoms with Gasteiger partial charge in [0, 0.05) is 55.7 Å². The zero-order chi connectivity index (χ0) is 52.6. The van der Waals surface area contributed by atoms with Gasteiger partial charge in [-0.3, -0.25) is 0 Å². The van der Waals surface area contributed by atoms with E-state index in [4.69, 9.17) is 0 Å². The minimum absolute atomic E-state index is 0.0324. The molecule has 4 nitrogen and oxygen atoms in total. The number of fused-ring (bicyclic) bond motifs is 6. The minimum atomic E-state index is 0.0324. The van der Waals surface area contributed by atoms with Crippen molar-refractivity contribution in [1.29, 1.82) is 0 Å². The van der Waals surface area contributed by atoms with Crippen LogP contribution in [-0.4, -0.2) is 9.13 Å². The van der Waals surface area contributed by atoms with E-state index in [0.29, 0.717) is 0 Å². The molecule has 2 heterocycles. The van der Waals surface area contributed by atoms with Crippen LogP contribution in [0.2, 0.25) is 0 Å². The first-order valence-corrected chi connectivity index (χ1v) is 26.8. The lowest BCUT2D eigenvalue weighted by atomic mass is 9.84. The summed E-state index contributed by atoms with van der Waals surface area (Å²) >= 11 is 0. The predicted octanol–water partition coefficient (Wildman–Crippen LogP) is 20.3. The molecule has 4 heteroatoms. The minimum Gasteiger partial charge on any atom is -0.310 e. The molecule has 0 aliphatic heterocycles. The van der Waals surface area contributed by atoms with Gasteiger partial charge < -0.3 is 18.9 Å². The quantitative estimate of drug-likeness (QED) is 0.143. The first kappa shape index (κ1) is 48.3. The summed E-state index contributed by atoms with van der Waals surface area (Å²) in [5.41, 5.74) is 24.0. The van der Waals surface area contributed by atoms with Crippen molar-refractivity contribution in [1.82, 2.24) is 9.13 Å². The number of aryl methyl sites for hydroxylation is 4. The van der Waals surface area contributed by atoms with E-state index in [1.54, 1.807) is 0 Å². The molecule has 0 spiro atoms. The molecule has 0 atom stereocenters. The fourth-order valence-electron chi connectivity index (χ4n) is 11.8. The number of aromatic nitrogens is 2. The normalized spacial score (nSPS) is 12.1. The molecule has 0 amide bonds. The molecule has 0 bridgehead atoms. The maximum Gasteiger partial charge on any atom is 0.0541 e. The largest absolute Gasteiger partial charge is 0.310 e. The first-order valence-electron chi connectivity index (χ1n) is 26.8. The zero-order valence-corrected chi connectivity index (χ0v) is 45.6. The van der Waals surface area contributed by atoms with Crippen LogP contribution in [0.15, 0.2) is 218 Å². The van der Waals surface area contributed by atoms with Gasteiger partial charge in [0.15, 0.2) is 0 Å². The monoisotopic (exact) mass is 987 g/mol. The maximum atomic E-state index is 2.44. The molecular weight excluding hydrogens is 921 g/mol. The second-order valence-corrected chi connectivity index (χ2v) is 23.0. The van der Waals surface area contributed by atoms with E-state index in [1.807, 2.05) is 0 Å². The fourth-order valence-corrected chi connectivity index (χ4v) is 11.8. The zero-order valence-electron chi connectivity index (χ0n) is 45.6. The van der Waals surface area contributed by atoms with Crippen molar-refractivity contribution in [3.63, 3.8) is 0 Å². The molecule has 374 valence electrons. The van der Waals surface area contributed by atoms with Gasteiger partial charge in [0.1, 0.15) is 0 Å². The highest BCUT2D eigenvalue weighted by Gasteiger charge is 2.25. The summed E-state index contributed by atoms with van der Waals surface area (Å²) in [6.07, 6.45) is 0. The van der Waals surface area contributed by atoms with Gasteiger partial charge >= 0.3 is 0 Å². The maximum absolute atomic E-state index is 2.44. The molecule has 0 aliphatic rings. The van der Waals surface area contributed by atoms with Gasteiger partial charge in [-0.05, 0) is 180 Å². The van der Waals surface area contributed by atoms with Crippen molar-refractivity contribution in [3.8, 4) is 22.5 Å². The van der Waals surface area contributed by atoms with Crippen LogP contribution in [0.5, 0.6) is 0 Å². The Balaban J connectivity index is 0.914. The number of hydrogen-bond donors (Lipinski definition) is 0. The molecule has 0 saturated heterocycles. The third-order valence-corrected chi connectivity index (χ3v) is 15.6. The average molecular weight is 987 g/mol. The van der Waals surface area contributed by atoms with Gasteiger partial charge in [-0.1, -0.05) is 163 Å². The highest BCUT2D eigenvalue weighted by molar-refractivity contribution is 6.10. The molecule has 0 fully saturated rings. The van der Waals surface area contributed by atoms with E-state index in [0.717, 1.165) is 45.3 Å². The smallest absolute Gasteiger partial charge is 0.0541 e. The summed E-state index contributed by atoms with van der Waals surface area (Å²) in [6.45, 7) is 22.8. The molecule has 0 aliphatic carbocycles. The second-order valence-electron chi connectivity index (χ2n) is 23.0. The van der Waals surface area contributed by atoms with E-state index >= 15 is 0 Å². The van der Waals surface area contributed by atoms with E-state index in [1.165, 1.54) is 88.4 Å². The van der Waals surface area contributed by atoms with Crippen LogP contribution >= 0.6 is 0 Å². The summed E-state index contributed by atoms with van der Waals surface area (Å²) < 4.78 is 4.78.